The topological polar surface area (TPSA) is 12.5 Å². The van der Waals surface area contributed by atoms with Crippen molar-refractivity contribution in [3.63, 3.8) is 0 Å². The lowest BCUT2D eigenvalue weighted by atomic mass is 9.88. The van der Waals surface area contributed by atoms with Gasteiger partial charge in [0.1, 0.15) is 12.4 Å². The molecule has 0 aliphatic rings. The maximum atomic E-state index is 6.08. The third-order valence-electron chi connectivity index (χ3n) is 6.30. The Kier molecular flexibility index (Phi) is 8.76. The van der Waals surface area contributed by atoms with E-state index in [-0.39, 0.29) is 0 Å². The molecule has 180 valence electrons. The van der Waals surface area contributed by atoms with Crippen LogP contribution in [-0.4, -0.2) is 25.1 Å². The summed E-state index contributed by atoms with van der Waals surface area (Å²) in [6.45, 7) is 4.55. The second-order valence-corrected chi connectivity index (χ2v) is 8.89. The van der Waals surface area contributed by atoms with Gasteiger partial charge in [-0.1, -0.05) is 97.8 Å². The summed E-state index contributed by atoms with van der Waals surface area (Å²) in [4.78, 5) is 2.25. The molecule has 0 atom stereocenters. The molecule has 0 aromatic heterocycles. The first-order chi connectivity index (χ1) is 17.7. The first-order valence-electron chi connectivity index (χ1n) is 12.5. The summed E-state index contributed by atoms with van der Waals surface area (Å²) in [6, 6.07) is 38.0. The number of nitrogens with zero attached hydrogens (tertiary/aromatic N) is 1. The summed E-state index contributed by atoms with van der Waals surface area (Å²) < 4.78 is 6.08. The van der Waals surface area contributed by atoms with E-state index in [0.717, 1.165) is 30.8 Å². The molecule has 0 aliphatic carbocycles. The van der Waals surface area contributed by atoms with E-state index in [4.69, 9.17) is 11.2 Å². The van der Waals surface area contributed by atoms with E-state index in [0.29, 0.717) is 6.61 Å². The minimum atomic E-state index is 0.629. The maximum Gasteiger partial charge on any atom is 0.119 e. The Bertz CT molecular complexity index is 1300. The molecule has 0 radical (unpaired) electrons. The van der Waals surface area contributed by atoms with E-state index in [9.17, 15) is 0 Å². The lowest BCUT2D eigenvalue weighted by Crippen LogP contribution is -2.23. The lowest BCUT2D eigenvalue weighted by Gasteiger charge is -2.18. The maximum absolute atomic E-state index is 6.08. The smallest absolute Gasteiger partial charge is 0.119 e. The number of likely N-dealkylation sites (N-methyl/N-ethyl adjacent to an activating group) is 1. The lowest BCUT2D eigenvalue weighted by molar-refractivity contribution is 0.233. The van der Waals surface area contributed by atoms with Crippen molar-refractivity contribution < 1.29 is 4.74 Å². The van der Waals surface area contributed by atoms with Crippen LogP contribution in [0.5, 0.6) is 5.75 Å². The molecule has 4 rings (SSSR count). The molecule has 0 aliphatic heterocycles. The van der Waals surface area contributed by atoms with Gasteiger partial charge in [-0.05, 0) is 71.1 Å². The van der Waals surface area contributed by atoms with Crippen molar-refractivity contribution in [1.82, 2.24) is 4.90 Å². The van der Waals surface area contributed by atoms with Crippen molar-refractivity contribution in [1.29, 1.82) is 0 Å². The molecule has 2 heteroatoms. The van der Waals surface area contributed by atoms with Gasteiger partial charge in [0, 0.05) is 18.7 Å². The third-order valence-corrected chi connectivity index (χ3v) is 6.30. The number of rotatable bonds is 10. The quantitative estimate of drug-likeness (QED) is 0.175. The van der Waals surface area contributed by atoms with Crippen molar-refractivity contribution >= 4 is 11.1 Å². The molecule has 0 amide bonds. The molecule has 0 bridgehead atoms. The van der Waals surface area contributed by atoms with Gasteiger partial charge in [0.15, 0.2) is 0 Å². The fourth-order valence-corrected chi connectivity index (χ4v) is 4.42. The fraction of sp³-hybridized carbons (Fsp3) is 0.176. The van der Waals surface area contributed by atoms with Crippen LogP contribution in [0.4, 0.5) is 0 Å². The first kappa shape index (κ1) is 25.0. The third kappa shape index (κ3) is 6.54. The second-order valence-electron chi connectivity index (χ2n) is 8.89. The summed E-state index contributed by atoms with van der Waals surface area (Å²) in [5.74, 6) is 3.55. The van der Waals surface area contributed by atoms with E-state index in [1.165, 1.54) is 33.4 Å². The minimum absolute atomic E-state index is 0.629. The van der Waals surface area contributed by atoms with Gasteiger partial charge < -0.3 is 4.74 Å². The van der Waals surface area contributed by atoms with Crippen LogP contribution in [-0.2, 0) is 6.54 Å². The molecule has 0 N–H and O–H groups in total. The summed E-state index contributed by atoms with van der Waals surface area (Å²) in [5, 5.41) is 0. The molecule has 36 heavy (non-hydrogen) atoms. The highest BCUT2D eigenvalue weighted by molar-refractivity contribution is 5.98. The van der Waals surface area contributed by atoms with Crippen molar-refractivity contribution in [3.8, 4) is 18.1 Å². The SMILES string of the molecule is C#Cc1ccc(CN(C)CCOc2ccc(/C(=C(/CC)c3ccccc3)c3ccccc3)cc2)cc1. The zero-order valence-electron chi connectivity index (χ0n) is 21.2. The van der Waals surface area contributed by atoms with Crippen LogP contribution in [0.2, 0.25) is 0 Å². The largest absolute Gasteiger partial charge is 0.492 e. The Balaban J connectivity index is 1.45. The molecule has 0 spiro atoms. The summed E-state index contributed by atoms with van der Waals surface area (Å²) in [7, 11) is 2.11. The zero-order chi connectivity index (χ0) is 25.2. The van der Waals surface area contributed by atoms with Gasteiger partial charge in [-0.15, -0.1) is 6.42 Å². The van der Waals surface area contributed by atoms with Gasteiger partial charge in [0.25, 0.3) is 0 Å². The van der Waals surface area contributed by atoms with Crippen LogP contribution >= 0.6 is 0 Å². The normalized spacial score (nSPS) is 11.6. The Morgan fingerprint density at radius 2 is 1.33 bits per heavy atom. The van der Waals surface area contributed by atoms with Crippen LogP contribution in [0.15, 0.2) is 109 Å². The van der Waals surface area contributed by atoms with E-state index in [1.807, 2.05) is 12.1 Å². The highest BCUT2D eigenvalue weighted by Crippen LogP contribution is 2.34. The summed E-state index contributed by atoms with van der Waals surface area (Å²) in [5.41, 5.74) is 8.44. The van der Waals surface area contributed by atoms with Crippen LogP contribution in [0.3, 0.4) is 0 Å². The molecule has 2 nitrogen and oxygen atoms in total. The number of benzene rings is 4. The summed E-state index contributed by atoms with van der Waals surface area (Å²) in [6.07, 6.45) is 6.40. The molecule has 0 fully saturated rings. The van der Waals surface area contributed by atoms with Gasteiger partial charge in [-0.25, -0.2) is 0 Å². The first-order valence-corrected chi connectivity index (χ1v) is 12.5. The molecule has 0 saturated carbocycles. The number of hydrogen-bond donors (Lipinski definition) is 0. The molecule has 0 heterocycles. The van der Waals surface area contributed by atoms with E-state index < -0.39 is 0 Å². The Labute approximate surface area is 215 Å². The fourth-order valence-electron chi connectivity index (χ4n) is 4.42. The number of hydrogen-bond acceptors (Lipinski definition) is 2. The van der Waals surface area contributed by atoms with Crippen molar-refractivity contribution in [2.24, 2.45) is 0 Å². The predicted octanol–water partition coefficient (Wildman–Crippen LogP) is 7.55. The highest BCUT2D eigenvalue weighted by Gasteiger charge is 2.13. The van der Waals surface area contributed by atoms with Crippen LogP contribution in [0.25, 0.3) is 11.1 Å². The van der Waals surface area contributed by atoms with E-state index in [2.05, 4.69) is 122 Å². The van der Waals surface area contributed by atoms with Crippen molar-refractivity contribution in [2.45, 2.75) is 19.9 Å². The Hall–Kier alpha value is -4.06. The predicted molar refractivity (Wildman–Crippen MR) is 152 cm³/mol. The molecule has 0 saturated heterocycles. The summed E-state index contributed by atoms with van der Waals surface area (Å²) >= 11 is 0. The Morgan fingerprint density at radius 1 is 0.750 bits per heavy atom. The highest BCUT2D eigenvalue weighted by atomic mass is 16.5. The van der Waals surface area contributed by atoms with Gasteiger partial charge in [0.05, 0.1) is 0 Å². The monoisotopic (exact) mass is 471 g/mol. The van der Waals surface area contributed by atoms with E-state index >= 15 is 0 Å². The van der Waals surface area contributed by atoms with Crippen LogP contribution < -0.4 is 4.74 Å². The van der Waals surface area contributed by atoms with Gasteiger partial charge in [-0.3, -0.25) is 4.90 Å². The van der Waals surface area contributed by atoms with Crippen LogP contribution in [0.1, 0.15) is 41.2 Å². The number of ether oxygens (including phenoxy) is 1. The standard InChI is InChI=1S/C34H33NO/c1-4-27-16-18-28(19-17-27)26-35(3)24-25-36-32-22-20-31(21-23-32)34(30-14-10-7-11-15-30)33(5-2)29-12-8-6-9-13-29/h1,6-23H,5,24-26H2,2-3H3/b34-33-. The van der Waals surface area contributed by atoms with E-state index in [1.54, 1.807) is 0 Å². The molecule has 4 aromatic rings. The molecule has 0 unspecified atom stereocenters. The number of terminal acetylenes is 1. The minimum Gasteiger partial charge on any atom is -0.492 e. The zero-order valence-corrected chi connectivity index (χ0v) is 21.2. The molecular weight excluding hydrogens is 438 g/mol. The number of allylic oxidation sites excluding steroid dienone is 1. The average Bonchev–Trinajstić information content (AvgIpc) is 2.93. The Morgan fingerprint density at radius 3 is 1.92 bits per heavy atom. The van der Waals surface area contributed by atoms with Crippen molar-refractivity contribution in [3.05, 3.63) is 137 Å². The van der Waals surface area contributed by atoms with Gasteiger partial charge in [0.2, 0.25) is 0 Å². The van der Waals surface area contributed by atoms with Gasteiger partial charge >= 0.3 is 0 Å². The molecule has 4 aromatic carbocycles. The molecular formula is C34H33NO. The van der Waals surface area contributed by atoms with Gasteiger partial charge in [-0.2, -0.15) is 0 Å². The second kappa shape index (κ2) is 12.6. The van der Waals surface area contributed by atoms with Crippen molar-refractivity contribution in [2.75, 3.05) is 20.2 Å². The van der Waals surface area contributed by atoms with Crippen LogP contribution in [0, 0.1) is 12.3 Å². The average molecular weight is 472 g/mol.